The van der Waals surface area contributed by atoms with Crippen LogP contribution >= 0.6 is 0 Å². The number of nitrogen functional groups attached to an aromatic ring is 1. The summed E-state index contributed by atoms with van der Waals surface area (Å²) >= 11 is 0. The van der Waals surface area contributed by atoms with Crippen molar-refractivity contribution in [2.24, 2.45) is 0 Å². The van der Waals surface area contributed by atoms with Crippen molar-refractivity contribution < 1.29 is 4.42 Å². The van der Waals surface area contributed by atoms with E-state index >= 15 is 0 Å². The lowest BCUT2D eigenvalue weighted by Gasteiger charge is -2.18. The first-order valence-electron chi connectivity index (χ1n) is 5.69. The lowest BCUT2D eigenvalue weighted by atomic mass is 9.87. The first-order valence-corrected chi connectivity index (χ1v) is 5.69. The van der Waals surface area contributed by atoms with Crippen molar-refractivity contribution in [2.45, 2.75) is 26.2 Å². The molecule has 0 amide bonds. The molecule has 0 unspecified atom stereocenters. The molecular weight excluding hydrogens is 226 g/mol. The Balaban J connectivity index is 2.38. The molecule has 0 atom stereocenters. The third kappa shape index (κ3) is 2.21. The molecule has 0 saturated heterocycles. The van der Waals surface area contributed by atoms with Gasteiger partial charge in [0.15, 0.2) is 0 Å². The fraction of sp³-hybridized carbons (Fsp3) is 0.286. The topological polar surface area (TPSA) is 75.8 Å². The number of anilines is 1. The molecule has 4 heteroatoms. The Morgan fingerprint density at radius 1 is 1.22 bits per heavy atom. The lowest BCUT2D eigenvalue weighted by molar-refractivity contribution is 0.587. The first-order chi connectivity index (χ1) is 8.41. The summed E-state index contributed by atoms with van der Waals surface area (Å²) in [6.07, 6.45) is 0. The molecule has 1 aromatic carbocycles. The van der Waals surface area contributed by atoms with Crippen molar-refractivity contribution >= 4 is 5.88 Å². The van der Waals surface area contributed by atoms with Gasteiger partial charge in [-0.25, -0.2) is 0 Å². The van der Waals surface area contributed by atoms with Crippen LogP contribution in [0.2, 0.25) is 0 Å². The molecule has 0 aliphatic carbocycles. The highest BCUT2D eigenvalue weighted by atomic mass is 16.4. The van der Waals surface area contributed by atoms with E-state index < -0.39 is 0 Å². The molecule has 0 saturated carbocycles. The summed E-state index contributed by atoms with van der Waals surface area (Å²) in [6.45, 7) is 6.46. The number of hydrogen-bond acceptors (Lipinski definition) is 4. The maximum atomic E-state index is 8.78. The van der Waals surface area contributed by atoms with Crippen LogP contribution in [0.1, 0.15) is 32.0 Å². The molecule has 1 aromatic heterocycles. The summed E-state index contributed by atoms with van der Waals surface area (Å²) in [7, 11) is 0. The second kappa shape index (κ2) is 4.19. The van der Waals surface area contributed by atoms with Gasteiger partial charge in [0.2, 0.25) is 17.5 Å². The summed E-state index contributed by atoms with van der Waals surface area (Å²) < 4.78 is 5.26. The van der Waals surface area contributed by atoms with Crippen LogP contribution in [-0.2, 0) is 5.41 Å². The number of oxazole rings is 1. The average Bonchev–Trinajstić information content (AvgIpc) is 2.69. The molecule has 18 heavy (non-hydrogen) atoms. The number of rotatable bonds is 1. The molecule has 4 nitrogen and oxygen atoms in total. The Hall–Kier alpha value is -2.28. The molecule has 0 fully saturated rings. The van der Waals surface area contributed by atoms with Crippen LogP contribution < -0.4 is 5.73 Å². The second-order valence-electron chi connectivity index (χ2n) is 5.17. The predicted octanol–water partition coefficient (Wildman–Crippen LogP) is 3.09. The Bertz CT molecular complexity index is 597. The molecule has 92 valence electrons. The largest absolute Gasteiger partial charge is 0.419 e. The smallest absolute Gasteiger partial charge is 0.230 e. The molecule has 0 aliphatic heterocycles. The van der Waals surface area contributed by atoms with Gasteiger partial charge in [-0.2, -0.15) is 10.2 Å². The van der Waals surface area contributed by atoms with E-state index in [4.69, 9.17) is 15.4 Å². The molecule has 0 bridgehead atoms. The number of nitrogens with zero attached hydrogens (tertiary/aromatic N) is 2. The first kappa shape index (κ1) is 12.2. The fourth-order valence-corrected chi connectivity index (χ4v) is 1.65. The van der Waals surface area contributed by atoms with Crippen LogP contribution in [-0.4, -0.2) is 4.98 Å². The standard InChI is InChI=1S/C14H15N3O/c1-14(2,3)10-6-4-9(5-7-10)13-17-11(8-15)12(16)18-13/h4-7H,16H2,1-3H3. The number of benzene rings is 1. The van der Waals surface area contributed by atoms with Gasteiger partial charge in [0.05, 0.1) is 0 Å². The lowest BCUT2D eigenvalue weighted by Crippen LogP contribution is -2.10. The van der Waals surface area contributed by atoms with E-state index in [1.54, 1.807) is 0 Å². The number of nitrogens with two attached hydrogens (primary N) is 1. The highest BCUT2D eigenvalue weighted by molar-refractivity contribution is 5.58. The van der Waals surface area contributed by atoms with Crippen LogP contribution in [0.25, 0.3) is 11.5 Å². The van der Waals surface area contributed by atoms with E-state index in [0.29, 0.717) is 5.89 Å². The minimum atomic E-state index is 0.0624. The van der Waals surface area contributed by atoms with Gasteiger partial charge in [-0.05, 0) is 23.1 Å². The van der Waals surface area contributed by atoms with Crippen LogP contribution in [0, 0.1) is 11.3 Å². The monoisotopic (exact) mass is 241 g/mol. The van der Waals surface area contributed by atoms with Crippen LogP contribution in [0.5, 0.6) is 0 Å². The number of hydrogen-bond donors (Lipinski definition) is 1. The Kier molecular flexibility index (Phi) is 2.84. The molecule has 0 aliphatic rings. The van der Waals surface area contributed by atoms with Crippen LogP contribution in [0.3, 0.4) is 0 Å². The van der Waals surface area contributed by atoms with Gasteiger partial charge in [0.25, 0.3) is 0 Å². The van der Waals surface area contributed by atoms with E-state index in [1.807, 2.05) is 30.3 Å². The zero-order valence-electron chi connectivity index (χ0n) is 10.7. The van der Waals surface area contributed by atoms with Crippen LogP contribution in [0.4, 0.5) is 5.88 Å². The van der Waals surface area contributed by atoms with Crippen molar-refractivity contribution in [3.63, 3.8) is 0 Å². The van der Waals surface area contributed by atoms with E-state index in [1.165, 1.54) is 5.56 Å². The summed E-state index contributed by atoms with van der Waals surface area (Å²) in [5.74, 6) is 0.442. The van der Waals surface area contributed by atoms with E-state index in [-0.39, 0.29) is 17.0 Å². The van der Waals surface area contributed by atoms with Crippen molar-refractivity contribution in [1.82, 2.24) is 4.98 Å². The second-order valence-corrected chi connectivity index (χ2v) is 5.17. The maximum Gasteiger partial charge on any atom is 0.230 e. The number of nitriles is 1. The van der Waals surface area contributed by atoms with Crippen molar-refractivity contribution in [1.29, 1.82) is 5.26 Å². The summed E-state index contributed by atoms with van der Waals surface area (Å²) in [5.41, 5.74) is 7.81. The van der Waals surface area contributed by atoms with E-state index in [0.717, 1.165) is 5.56 Å². The van der Waals surface area contributed by atoms with Crippen molar-refractivity contribution in [3.05, 3.63) is 35.5 Å². The van der Waals surface area contributed by atoms with Gasteiger partial charge in [-0.1, -0.05) is 32.9 Å². The molecule has 2 N–H and O–H groups in total. The van der Waals surface area contributed by atoms with Gasteiger partial charge < -0.3 is 10.2 Å². The highest BCUT2D eigenvalue weighted by Gasteiger charge is 2.15. The quantitative estimate of drug-likeness (QED) is 0.832. The van der Waals surface area contributed by atoms with Gasteiger partial charge in [-0.15, -0.1) is 0 Å². The third-order valence-electron chi connectivity index (χ3n) is 2.76. The SMILES string of the molecule is CC(C)(C)c1ccc(-c2nc(C#N)c(N)o2)cc1. The minimum absolute atomic E-state index is 0.0624. The van der Waals surface area contributed by atoms with Gasteiger partial charge >= 0.3 is 0 Å². The van der Waals surface area contributed by atoms with Crippen LogP contribution in [0.15, 0.2) is 28.7 Å². The zero-order valence-corrected chi connectivity index (χ0v) is 10.7. The Morgan fingerprint density at radius 2 is 1.83 bits per heavy atom. The summed E-state index contributed by atoms with van der Waals surface area (Å²) in [6, 6.07) is 9.80. The predicted molar refractivity (Wildman–Crippen MR) is 69.8 cm³/mol. The van der Waals surface area contributed by atoms with E-state index in [9.17, 15) is 0 Å². The molecule has 0 spiro atoms. The Morgan fingerprint density at radius 3 is 2.28 bits per heavy atom. The summed E-state index contributed by atoms with van der Waals surface area (Å²) in [5, 5.41) is 8.78. The molecular formula is C14H15N3O. The minimum Gasteiger partial charge on any atom is -0.419 e. The maximum absolute atomic E-state index is 8.78. The fourth-order valence-electron chi connectivity index (χ4n) is 1.65. The summed E-state index contributed by atoms with van der Waals surface area (Å²) in [4.78, 5) is 4.04. The highest BCUT2D eigenvalue weighted by Crippen LogP contribution is 2.27. The van der Waals surface area contributed by atoms with Crippen molar-refractivity contribution in [3.8, 4) is 17.5 Å². The molecule has 2 aromatic rings. The van der Waals surface area contributed by atoms with Gasteiger partial charge in [-0.3, -0.25) is 0 Å². The average molecular weight is 241 g/mol. The van der Waals surface area contributed by atoms with Gasteiger partial charge in [0, 0.05) is 5.56 Å². The van der Waals surface area contributed by atoms with Crippen molar-refractivity contribution in [2.75, 3.05) is 5.73 Å². The van der Waals surface area contributed by atoms with Gasteiger partial charge in [0.1, 0.15) is 6.07 Å². The molecule has 1 heterocycles. The van der Waals surface area contributed by atoms with E-state index in [2.05, 4.69) is 25.8 Å². The number of aromatic nitrogens is 1. The normalized spacial score (nSPS) is 11.2. The third-order valence-corrected chi connectivity index (χ3v) is 2.76. The molecule has 2 rings (SSSR count). The molecule has 0 radical (unpaired) electrons. The zero-order chi connectivity index (χ0) is 13.3. The Labute approximate surface area is 106 Å².